The van der Waals surface area contributed by atoms with Gasteiger partial charge in [-0.1, -0.05) is 23.2 Å². The first-order chi connectivity index (χ1) is 7.15. The third-order valence-electron chi connectivity index (χ3n) is 1.94. The lowest BCUT2D eigenvalue weighted by Gasteiger charge is -2.10. The van der Waals surface area contributed by atoms with E-state index in [9.17, 15) is 0 Å². The number of unbranched alkanes of at least 4 members (excludes halogenated alkanes) is 1. The summed E-state index contributed by atoms with van der Waals surface area (Å²) >= 11 is 12.0. The van der Waals surface area contributed by atoms with E-state index >= 15 is 0 Å². The van der Waals surface area contributed by atoms with Crippen molar-refractivity contribution in [3.63, 3.8) is 0 Å². The van der Waals surface area contributed by atoms with Crippen molar-refractivity contribution in [1.29, 1.82) is 0 Å². The smallest absolute Gasteiger partial charge is 0.156 e. The lowest BCUT2D eigenvalue weighted by molar-refractivity contribution is 0.253. The SMILES string of the molecule is Cc1cc(Cl)c(OCCCCO)c(Cl)c1. The van der Waals surface area contributed by atoms with Crippen LogP contribution in [0.2, 0.25) is 10.0 Å². The summed E-state index contributed by atoms with van der Waals surface area (Å²) in [5.41, 5.74) is 1.01. The van der Waals surface area contributed by atoms with Gasteiger partial charge in [0.05, 0.1) is 16.7 Å². The Balaban J connectivity index is 2.60. The maximum atomic E-state index is 8.60. The Hall–Kier alpha value is -0.440. The summed E-state index contributed by atoms with van der Waals surface area (Å²) in [4.78, 5) is 0. The second-order valence-corrected chi connectivity index (χ2v) is 4.15. The highest BCUT2D eigenvalue weighted by atomic mass is 35.5. The lowest BCUT2D eigenvalue weighted by atomic mass is 10.2. The quantitative estimate of drug-likeness (QED) is 0.810. The monoisotopic (exact) mass is 248 g/mol. The number of benzene rings is 1. The number of hydrogen-bond donors (Lipinski definition) is 1. The average molecular weight is 249 g/mol. The molecule has 0 atom stereocenters. The minimum Gasteiger partial charge on any atom is -0.490 e. The molecular formula is C11H14Cl2O2. The van der Waals surface area contributed by atoms with Gasteiger partial charge in [-0.15, -0.1) is 0 Å². The first kappa shape index (κ1) is 12.6. The molecule has 0 bridgehead atoms. The van der Waals surface area contributed by atoms with Gasteiger partial charge in [-0.25, -0.2) is 0 Å². The van der Waals surface area contributed by atoms with Crippen LogP contribution in [0.3, 0.4) is 0 Å². The van der Waals surface area contributed by atoms with E-state index in [2.05, 4.69) is 0 Å². The predicted octanol–water partition coefficient (Wildman–Crippen LogP) is 3.45. The fourth-order valence-electron chi connectivity index (χ4n) is 1.21. The van der Waals surface area contributed by atoms with E-state index in [0.29, 0.717) is 22.4 Å². The molecule has 0 spiro atoms. The van der Waals surface area contributed by atoms with E-state index in [1.54, 1.807) is 0 Å². The van der Waals surface area contributed by atoms with Gasteiger partial charge < -0.3 is 9.84 Å². The highest BCUT2D eigenvalue weighted by Crippen LogP contribution is 2.34. The predicted molar refractivity (Wildman–Crippen MR) is 63.0 cm³/mol. The normalized spacial score (nSPS) is 10.4. The Labute approximate surface area is 99.8 Å². The van der Waals surface area contributed by atoms with Crippen LogP contribution in [0.25, 0.3) is 0 Å². The number of rotatable bonds is 5. The van der Waals surface area contributed by atoms with Crippen LogP contribution < -0.4 is 4.74 Å². The molecule has 0 saturated heterocycles. The van der Waals surface area contributed by atoms with Gasteiger partial charge in [0, 0.05) is 6.61 Å². The average Bonchev–Trinajstić information content (AvgIpc) is 2.15. The number of halogens is 2. The Kier molecular flexibility index (Phi) is 5.23. The first-order valence-electron chi connectivity index (χ1n) is 4.84. The van der Waals surface area contributed by atoms with Crippen LogP contribution in [0.15, 0.2) is 12.1 Å². The minimum absolute atomic E-state index is 0.179. The first-order valence-corrected chi connectivity index (χ1v) is 5.60. The Morgan fingerprint density at radius 2 is 1.80 bits per heavy atom. The minimum atomic E-state index is 0.179. The van der Waals surface area contributed by atoms with Crippen LogP contribution in [0.4, 0.5) is 0 Å². The largest absolute Gasteiger partial charge is 0.490 e. The summed E-state index contributed by atoms with van der Waals surface area (Å²) in [6.45, 7) is 2.62. The standard InChI is InChI=1S/C11H14Cl2O2/c1-8-6-9(12)11(10(13)7-8)15-5-3-2-4-14/h6-7,14H,2-5H2,1H3. The van der Waals surface area contributed by atoms with Gasteiger partial charge in [0.25, 0.3) is 0 Å². The third kappa shape index (κ3) is 3.90. The molecule has 84 valence electrons. The van der Waals surface area contributed by atoms with E-state index < -0.39 is 0 Å². The second kappa shape index (κ2) is 6.21. The zero-order chi connectivity index (χ0) is 11.3. The summed E-state index contributed by atoms with van der Waals surface area (Å²) in [6.07, 6.45) is 1.51. The molecule has 0 aromatic heterocycles. The Bertz CT molecular complexity index is 303. The number of hydrogen-bond acceptors (Lipinski definition) is 2. The van der Waals surface area contributed by atoms with Crippen LogP contribution in [0.1, 0.15) is 18.4 Å². The molecular weight excluding hydrogens is 235 g/mol. The number of aliphatic hydroxyl groups excluding tert-OH is 1. The zero-order valence-electron chi connectivity index (χ0n) is 8.59. The van der Waals surface area contributed by atoms with Crippen molar-refractivity contribution in [3.8, 4) is 5.75 Å². The number of ether oxygens (including phenoxy) is 1. The van der Waals surface area contributed by atoms with Crippen molar-refractivity contribution in [2.45, 2.75) is 19.8 Å². The van der Waals surface area contributed by atoms with E-state index in [0.717, 1.165) is 18.4 Å². The summed E-state index contributed by atoms with van der Waals surface area (Å²) in [5.74, 6) is 0.530. The Morgan fingerprint density at radius 3 is 2.33 bits per heavy atom. The maximum absolute atomic E-state index is 8.60. The van der Waals surface area contributed by atoms with Gasteiger partial charge in [-0.2, -0.15) is 0 Å². The molecule has 0 aliphatic carbocycles. The topological polar surface area (TPSA) is 29.5 Å². The fourth-order valence-corrected chi connectivity index (χ4v) is 1.92. The van der Waals surface area contributed by atoms with Crippen molar-refractivity contribution in [1.82, 2.24) is 0 Å². The summed E-state index contributed by atoms with van der Waals surface area (Å²) in [7, 11) is 0. The molecule has 2 nitrogen and oxygen atoms in total. The van der Waals surface area contributed by atoms with Crippen LogP contribution in [0, 0.1) is 6.92 Å². The lowest BCUT2D eigenvalue weighted by Crippen LogP contribution is -1.99. The molecule has 0 aliphatic heterocycles. The molecule has 1 rings (SSSR count). The van der Waals surface area contributed by atoms with Crippen molar-refractivity contribution < 1.29 is 9.84 Å². The molecule has 0 saturated carbocycles. The molecule has 0 amide bonds. The van der Waals surface area contributed by atoms with E-state index in [1.807, 2.05) is 19.1 Å². The molecule has 0 radical (unpaired) electrons. The number of aliphatic hydroxyl groups is 1. The highest BCUT2D eigenvalue weighted by molar-refractivity contribution is 6.37. The second-order valence-electron chi connectivity index (χ2n) is 3.34. The van der Waals surface area contributed by atoms with E-state index in [1.165, 1.54) is 0 Å². The van der Waals surface area contributed by atoms with Gasteiger partial charge in [-0.3, -0.25) is 0 Å². The van der Waals surface area contributed by atoms with Gasteiger partial charge in [0.15, 0.2) is 5.75 Å². The van der Waals surface area contributed by atoms with Crippen molar-refractivity contribution in [2.75, 3.05) is 13.2 Å². The summed E-state index contributed by atoms with van der Waals surface area (Å²) < 4.78 is 5.45. The molecule has 1 aromatic rings. The molecule has 15 heavy (non-hydrogen) atoms. The van der Waals surface area contributed by atoms with Crippen molar-refractivity contribution in [3.05, 3.63) is 27.7 Å². The van der Waals surface area contributed by atoms with E-state index in [-0.39, 0.29) is 6.61 Å². The molecule has 0 fully saturated rings. The van der Waals surface area contributed by atoms with Gasteiger partial charge in [0.1, 0.15) is 0 Å². The van der Waals surface area contributed by atoms with Gasteiger partial charge in [-0.05, 0) is 37.5 Å². The molecule has 1 aromatic carbocycles. The van der Waals surface area contributed by atoms with Crippen LogP contribution in [-0.2, 0) is 0 Å². The zero-order valence-corrected chi connectivity index (χ0v) is 10.1. The van der Waals surface area contributed by atoms with Crippen LogP contribution in [0.5, 0.6) is 5.75 Å². The van der Waals surface area contributed by atoms with Crippen LogP contribution in [-0.4, -0.2) is 18.3 Å². The molecule has 4 heteroatoms. The highest BCUT2D eigenvalue weighted by Gasteiger charge is 2.07. The van der Waals surface area contributed by atoms with Crippen molar-refractivity contribution >= 4 is 23.2 Å². The molecule has 1 N–H and O–H groups in total. The Morgan fingerprint density at radius 1 is 1.20 bits per heavy atom. The number of aryl methyl sites for hydroxylation is 1. The van der Waals surface area contributed by atoms with Crippen molar-refractivity contribution in [2.24, 2.45) is 0 Å². The maximum Gasteiger partial charge on any atom is 0.156 e. The van der Waals surface area contributed by atoms with E-state index in [4.69, 9.17) is 33.0 Å². The summed E-state index contributed by atoms with van der Waals surface area (Å²) in [5, 5.41) is 9.66. The van der Waals surface area contributed by atoms with Gasteiger partial charge in [0.2, 0.25) is 0 Å². The fraction of sp³-hybridized carbons (Fsp3) is 0.455. The molecule has 0 aliphatic rings. The molecule has 0 unspecified atom stereocenters. The van der Waals surface area contributed by atoms with Crippen LogP contribution >= 0.6 is 23.2 Å². The summed E-state index contributed by atoms with van der Waals surface area (Å²) in [6, 6.07) is 3.63. The third-order valence-corrected chi connectivity index (χ3v) is 2.50. The molecule has 0 heterocycles. The van der Waals surface area contributed by atoms with Gasteiger partial charge >= 0.3 is 0 Å².